The van der Waals surface area contributed by atoms with Crippen molar-refractivity contribution in [3.63, 3.8) is 0 Å². The van der Waals surface area contributed by atoms with E-state index >= 15 is 0 Å². The Morgan fingerprint density at radius 2 is 1.78 bits per heavy atom. The van der Waals surface area contributed by atoms with Crippen molar-refractivity contribution in [2.24, 2.45) is 5.41 Å². The Morgan fingerprint density at radius 1 is 1.08 bits per heavy atom. The van der Waals surface area contributed by atoms with Gasteiger partial charge in [-0.05, 0) is 49.6 Å². The number of aromatic nitrogens is 2. The number of sulfonamides is 1. The summed E-state index contributed by atoms with van der Waals surface area (Å²) < 4.78 is 69.4. The standard InChI is InChI=1S/C25H25F3N4O4S/c1-16-7-3-4-8-17(16)22-18(25(26,27)28)11-12-19(29-22)31-37(35,36)21-10-5-9-20(30-21)32(2)15-24(23(33)34)13-6-14-24/h3-5,7-12H,6,13-15H2,1-2H3,(H,29,31)(H,33,34). The number of aliphatic carboxylic acids is 1. The number of pyridine rings is 2. The molecule has 0 aliphatic heterocycles. The summed E-state index contributed by atoms with van der Waals surface area (Å²) in [7, 11) is -2.70. The van der Waals surface area contributed by atoms with Crippen molar-refractivity contribution in [3.8, 4) is 11.3 Å². The molecule has 0 saturated heterocycles. The van der Waals surface area contributed by atoms with Crippen LogP contribution in [0.5, 0.6) is 0 Å². The number of nitrogens with zero attached hydrogens (tertiary/aromatic N) is 3. The SMILES string of the molecule is Cc1ccccc1-c1nc(NS(=O)(=O)c2cccc(N(C)CC3(C(=O)O)CCC3)n2)ccc1C(F)(F)F. The van der Waals surface area contributed by atoms with Crippen molar-refractivity contribution in [1.82, 2.24) is 9.97 Å². The van der Waals surface area contributed by atoms with Gasteiger partial charge in [0.1, 0.15) is 11.6 Å². The molecule has 1 saturated carbocycles. The lowest BCUT2D eigenvalue weighted by Crippen LogP contribution is -2.47. The summed E-state index contributed by atoms with van der Waals surface area (Å²) in [4.78, 5) is 21.5. The highest BCUT2D eigenvalue weighted by molar-refractivity contribution is 7.92. The fraction of sp³-hybridized carbons (Fsp3) is 0.320. The highest BCUT2D eigenvalue weighted by Gasteiger charge is 2.45. The van der Waals surface area contributed by atoms with Crippen LogP contribution in [0.2, 0.25) is 0 Å². The van der Waals surface area contributed by atoms with E-state index in [4.69, 9.17) is 0 Å². The number of rotatable bonds is 8. The van der Waals surface area contributed by atoms with Crippen molar-refractivity contribution in [3.05, 3.63) is 65.7 Å². The van der Waals surface area contributed by atoms with Gasteiger partial charge in [-0.15, -0.1) is 0 Å². The minimum absolute atomic E-state index is 0.159. The molecule has 196 valence electrons. The molecule has 1 aromatic carbocycles. The minimum atomic E-state index is -4.70. The molecule has 0 atom stereocenters. The first kappa shape index (κ1) is 26.4. The van der Waals surface area contributed by atoms with Crippen LogP contribution in [0.4, 0.5) is 24.8 Å². The van der Waals surface area contributed by atoms with E-state index in [1.165, 1.54) is 18.2 Å². The lowest BCUT2D eigenvalue weighted by atomic mass is 9.68. The van der Waals surface area contributed by atoms with E-state index in [2.05, 4.69) is 14.7 Å². The topological polar surface area (TPSA) is 112 Å². The summed E-state index contributed by atoms with van der Waals surface area (Å²) in [5, 5.41) is 9.21. The van der Waals surface area contributed by atoms with E-state index in [0.29, 0.717) is 18.4 Å². The van der Waals surface area contributed by atoms with E-state index in [1.807, 2.05) is 0 Å². The second-order valence-corrected chi connectivity index (χ2v) is 10.8. The Hall–Kier alpha value is -3.67. The monoisotopic (exact) mass is 534 g/mol. The Kier molecular flexibility index (Phi) is 6.89. The van der Waals surface area contributed by atoms with Crippen LogP contribution in [-0.2, 0) is 21.0 Å². The maximum absolute atomic E-state index is 13.7. The molecule has 37 heavy (non-hydrogen) atoms. The molecule has 8 nitrogen and oxygen atoms in total. The van der Waals surface area contributed by atoms with Crippen molar-refractivity contribution in [2.45, 2.75) is 37.4 Å². The normalized spacial score (nSPS) is 15.1. The lowest BCUT2D eigenvalue weighted by Gasteiger charge is -2.40. The number of alkyl halides is 3. The first-order chi connectivity index (χ1) is 17.3. The third kappa shape index (κ3) is 5.38. The molecule has 2 aromatic heterocycles. The third-order valence-electron chi connectivity index (χ3n) is 6.52. The van der Waals surface area contributed by atoms with Crippen LogP contribution >= 0.6 is 0 Å². The molecular weight excluding hydrogens is 509 g/mol. The number of carboxylic acids is 1. The number of hydrogen-bond donors (Lipinski definition) is 2. The summed E-state index contributed by atoms with van der Waals surface area (Å²) in [6.07, 6.45) is -2.85. The number of benzene rings is 1. The number of halogens is 3. The van der Waals surface area contributed by atoms with Gasteiger partial charge in [-0.25, -0.2) is 9.97 Å². The molecule has 2 N–H and O–H groups in total. The van der Waals surface area contributed by atoms with Gasteiger partial charge < -0.3 is 10.0 Å². The van der Waals surface area contributed by atoms with Crippen molar-refractivity contribution >= 4 is 27.6 Å². The first-order valence-electron chi connectivity index (χ1n) is 11.4. The van der Waals surface area contributed by atoms with Crippen LogP contribution < -0.4 is 9.62 Å². The number of hydrogen-bond acceptors (Lipinski definition) is 6. The quantitative estimate of drug-likeness (QED) is 0.420. The molecule has 12 heteroatoms. The van der Waals surface area contributed by atoms with E-state index < -0.39 is 38.8 Å². The minimum Gasteiger partial charge on any atom is -0.481 e. The van der Waals surface area contributed by atoms with Gasteiger partial charge in [0.2, 0.25) is 0 Å². The largest absolute Gasteiger partial charge is 0.481 e. The molecule has 0 bridgehead atoms. The predicted molar refractivity (Wildman–Crippen MR) is 132 cm³/mol. The van der Waals surface area contributed by atoms with Crippen LogP contribution in [0.25, 0.3) is 11.3 Å². The summed E-state index contributed by atoms with van der Waals surface area (Å²) in [5.41, 5.74) is -1.52. The van der Waals surface area contributed by atoms with Crippen LogP contribution in [-0.4, -0.2) is 43.1 Å². The number of aryl methyl sites for hydroxylation is 1. The average molecular weight is 535 g/mol. The molecular formula is C25H25F3N4O4S. The van der Waals surface area contributed by atoms with E-state index in [1.54, 1.807) is 43.1 Å². The molecule has 0 unspecified atom stereocenters. The highest BCUT2D eigenvalue weighted by atomic mass is 32.2. The number of nitrogens with one attached hydrogen (secondary N) is 1. The van der Waals surface area contributed by atoms with Gasteiger partial charge >= 0.3 is 12.1 Å². The maximum Gasteiger partial charge on any atom is 0.418 e. The van der Waals surface area contributed by atoms with Gasteiger partial charge in [-0.3, -0.25) is 9.52 Å². The number of anilines is 2. The lowest BCUT2D eigenvalue weighted by molar-refractivity contribution is -0.153. The van der Waals surface area contributed by atoms with Gasteiger partial charge in [-0.1, -0.05) is 36.8 Å². The fourth-order valence-electron chi connectivity index (χ4n) is 4.32. The molecule has 0 spiro atoms. The molecule has 3 aromatic rings. The van der Waals surface area contributed by atoms with Gasteiger partial charge in [-0.2, -0.15) is 21.6 Å². The van der Waals surface area contributed by atoms with Gasteiger partial charge in [0, 0.05) is 19.2 Å². The molecule has 1 fully saturated rings. The molecule has 0 amide bonds. The van der Waals surface area contributed by atoms with Gasteiger partial charge in [0.25, 0.3) is 10.0 Å². The molecule has 1 aliphatic carbocycles. The Bertz CT molecular complexity index is 1440. The Morgan fingerprint density at radius 3 is 2.38 bits per heavy atom. The van der Waals surface area contributed by atoms with Gasteiger partial charge in [0.15, 0.2) is 5.03 Å². The van der Waals surface area contributed by atoms with Crippen LogP contribution in [0.3, 0.4) is 0 Å². The number of carboxylic acid groups (broad SMARTS) is 1. The molecule has 0 radical (unpaired) electrons. The first-order valence-corrected chi connectivity index (χ1v) is 12.9. The second kappa shape index (κ2) is 9.66. The van der Waals surface area contributed by atoms with Crippen molar-refractivity contribution < 1.29 is 31.5 Å². The molecule has 2 heterocycles. The smallest absolute Gasteiger partial charge is 0.418 e. The van der Waals surface area contributed by atoms with Crippen LogP contribution in [0.15, 0.2) is 59.6 Å². The zero-order valence-corrected chi connectivity index (χ0v) is 20.9. The maximum atomic E-state index is 13.7. The van der Waals surface area contributed by atoms with Crippen molar-refractivity contribution in [1.29, 1.82) is 0 Å². The fourth-order valence-corrected chi connectivity index (χ4v) is 5.29. The van der Waals surface area contributed by atoms with E-state index in [9.17, 15) is 31.5 Å². The Balaban J connectivity index is 1.64. The van der Waals surface area contributed by atoms with E-state index in [0.717, 1.165) is 18.6 Å². The van der Waals surface area contributed by atoms with E-state index in [-0.39, 0.29) is 28.8 Å². The zero-order valence-electron chi connectivity index (χ0n) is 20.1. The molecule has 1 aliphatic rings. The second-order valence-electron chi connectivity index (χ2n) is 9.14. The summed E-state index contributed by atoms with van der Waals surface area (Å²) in [5.74, 6) is -0.962. The highest BCUT2D eigenvalue weighted by Crippen LogP contribution is 2.42. The summed E-state index contributed by atoms with van der Waals surface area (Å²) in [6.45, 7) is 1.80. The van der Waals surface area contributed by atoms with Crippen molar-refractivity contribution in [2.75, 3.05) is 23.2 Å². The summed E-state index contributed by atoms with van der Waals surface area (Å²) in [6, 6.07) is 12.4. The average Bonchev–Trinajstić information content (AvgIpc) is 2.80. The van der Waals surface area contributed by atoms with Gasteiger partial charge in [0.05, 0.1) is 16.7 Å². The number of carbonyl (C=O) groups is 1. The predicted octanol–water partition coefficient (Wildman–Crippen LogP) is 4.96. The zero-order chi connectivity index (χ0) is 27.0. The third-order valence-corrected chi connectivity index (χ3v) is 7.78. The van der Waals surface area contributed by atoms with Crippen LogP contribution in [0.1, 0.15) is 30.4 Å². The van der Waals surface area contributed by atoms with Crippen LogP contribution in [0, 0.1) is 12.3 Å². The Labute approximate surface area is 212 Å². The summed E-state index contributed by atoms with van der Waals surface area (Å²) >= 11 is 0. The molecule has 4 rings (SSSR count).